The van der Waals surface area contributed by atoms with Crippen LogP contribution in [-0.2, 0) is 6.54 Å². The van der Waals surface area contributed by atoms with E-state index in [4.69, 9.17) is 0 Å². The number of hydrogen-bond acceptors (Lipinski definition) is 8. The highest BCUT2D eigenvalue weighted by Gasteiger charge is 2.20. The second kappa shape index (κ2) is 8.55. The van der Waals surface area contributed by atoms with E-state index in [9.17, 15) is 19.7 Å². The van der Waals surface area contributed by atoms with Crippen LogP contribution in [0.2, 0.25) is 0 Å². The molecule has 160 valence electrons. The van der Waals surface area contributed by atoms with Gasteiger partial charge in [-0.15, -0.1) is 0 Å². The van der Waals surface area contributed by atoms with Crippen LogP contribution in [0.25, 0.3) is 11.5 Å². The van der Waals surface area contributed by atoms with Crippen LogP contribution in [0.15, 0.2) is 66.1 Å². The molecule has 0 bridgehead atoms. The summed E-state index contributed by atoms with van der Waals surface area (Å²) in [4.78, 5) is 44.2. The molecular weight excluding hydrogens is 416 g/mol. The molecule has 0 spiro atoms. The Balaban J connectivity index is 1.65. The van der Waals surface area contributed by atoms with Crippen molar-refractivity contribution in [3.8, 4) is 11.5 Å². The van der Waals surface area contributed by atoms with Crippen LogP contribution in [0.1, 0.15) is 21.7 Å². The lowest BCUT2D eigenvalue weighted by molar-refractivity contribution is -0.384. The molecule has 0 saturated carbocycles. The van der Waals surface area contributed by atoms with Gasteiger partial charge < -0.3 is 5.32 Å². The van der Waals surface area contributed by atoms with Gasteiger partial charge in [0.05, 0.1) is 4.92 Å². The van der Waals surface area contributed by atoms with Crippen LogP contribution in [0, 0.1) is 17.0 Å². The molecule has 4 aromatic rings. The number of nitro benzene ring substituents is 1. The Morgan fingerprint density at radius 3 is 2.78 bits per heavy atom. The van der Waals surface area contributed by atoms with Crippen LogP contribution in [0.5, 0.6) is 0 Å². The molecule has 32 heavy (non-hydrogen) atoms. The molecule has 0 aliphatic rings. The molecule has 0 unspecified atom stereocenters. The molecule has 3 aromatic heterocycles. The number of nitrogens with zero attached hydrogens (tertiary/aromatic N) is 7. The first kappa shape index (κ1) is 20.5. The second-order valence-electron chi connectivity index (χ2n) is 6.67. The summed E-state index contributed by atoms with van der Waals surface area (Å²) >= 11 is 0. The maximum atomic E-state index is 12.8. The summed E-state index contributed by atoms with van der Waals surface area (Å²) in [6.07, 6.45) is 4.41. The summed E-state index contributed by atoms with van der Waals surface area (Å²) in [7, 11) is 0. The van der Waals surface area contributed by atoms with Crippen molar-refractivity contribution in [1.82, 2.24) is 34.8 Å². The quantitative estimate of drug-likeness (QED) is 0.354. The Hall–Kier alpha value is -4.74. The Morgan fingerprint density at radius 1 is 1.22 bits per heavy atom. The number of benzene rings is 1. The van der Waals surface area contributed by atoms with E-state index in [1.54, 1.807) is 31.3 Å². The van der Waals surface area contributed by atoms with E-state index in [1.165, 1.54) is 46.3 Å². The molecule has 0 aliphatic carbocycles. The summed E-state index contributed by atoms with van der Waals surface area (Å²) < 4.78 is 2.66. The van der Waals surface area contributed by atoms with E-state index in [1.807, 2.05) is 0 Å². The van der Waals surface area contributed by atoms with Crippen molar-refractivity contribution in [2.24, 2.45) is 0 Å². The van der Waals surface area contributed by atoms with Gasteiger partial charge in [-0.05, 0) is 19.1 Å². The normalized spacial score (nSPS) is 10.7. The molecule has 1 amide bonds. The molecule has 1 N–H and O–H groups in total. The minimum absolute atomic E-state index is 0.0440. The van der Waals surface area contributed by atoms with Gasteiger partial charge in [0.25, 0.3) is 11.6 Å². The number of carbonyl (C=O) groups excluding carboxylic acids is 1. The average molecular weight is 432 g/mol. The number of nitrogens with one attached hydrogen (secondary N) is 1. The molecule has 12 heteroatoms. The van der Waals surface area contributed by atoms with Crippen LogP contribution in [0.3, 0.4) is 0 Å². The fraction of sp³-hybridized carbons (Fsp3) is 0.100. The van der Waals surface area contributed by atoms with E-state index in [2.05, 4.69) is 25.5 Å². The van der Waals surface area contributed by atoms with Crippen molar-refractivity contribution in [3.05, 3.63) is 98.6 Å². The van der Waals surface area contributed by atoms with E-state index in [-0.39, 0.29) is 23.6 Å². The zero-order valence-electron chi connectivity index (χ0n) is 16.7. The molecular formula is C20H16N8O4. The zero-order valence-corrected chi connectivity index (χ0v) is 16.7. The summed E-state index contributed by atoms with van der Waals surface area (Å²) in [5, 5.41) is 22.2. The lowest BCUT2D eigenvalue weighted by Crippen LogP contribution is -2.32. The number of rotatable bonds is 6. The van der Waals surface area contributed by atoms with Gasteiger partial charge in [-0.3, -0.25) is 19.7 Å². The number of nitro groups is 1. The second-order valence-corrected chi connectivity index (χ2v) is 6.67. The summed E-state index contributed by atoms with van der Waals surface area (Å²) in [6, 6.07) is 10.6. The van der Waals surface area contributed by atoms with Gasteiger partial charge >= 0.3 is 0 Å². The van der Waals surface area contributed by atoms with Gasteiger partial charge in [-0.2, -0.15) is 10.2 Å². The Kier molecular flexibility index (Phi) is 5.49. The summed E-state index contributed by atoms with van der Waals surface area (Å²) in [5.74, 6) is -0.254. The Labute approximate surface area is 180 Å². The third-order valence-electron chi connectivity index (χ3n) is 4.57. The topological polar surface area (TPSA) is 151 Å². The maximum Gasteiger partial charge on any atom is 0.294 e. The number of hydrogen-bond donors (Lipinski definition) is 1. The molecule has 0 saturated heterocycles. The minimum atomic E-state index is -0.726. The predicted octanol–water partition coefficient (Wildman–Crippen LogP) is 1.35. The maximum absolute atomic E-state index is 12.8. The fourth-order valence-corrected chi connectivity index (χ4v) is 3.10. The number of pyridine rings is 1. The highest BCUT2D eigenvalue weighted by molar-refractivity contribution is 5.92. The van der Waals surface area contributed by atoms with Gasteiger partial charge in [-0.1, -0.05) is 18.2 Å². The smallest absolute Gasteiger partial charge is 0.294 e. The minimum Gasteiger partial charge on any atom is -0.346 e. The first-order valence-corrected chi connectivity index (χ1v) is 9.37. The van der Waals surface area contributed by atoms with E-state index >= 15 is 0 Å². The molecule has 0 atom stereocenters. The lowest BCUT2D eigenvalue weighted by Gasteiger charge is -2.12. The predicted molar refractivity (Wildman–Crippen MR) is 112 cm³/mol. The van der Waals surface area contributed by atoms with Crippen LogP contribution in [0.4, 0.5) is 5.69 Å². The Bertz CT molecular complexity index is 1360. The van der Waals surface area contributed by atoms with Crippen molar-refractivity contribution >= 4 is 11.6 Å². The van der Waals surface area contributed by atoms with E-state index in [0.29, 0.717) is 17.1 Å². The molecule has 0 fully saturated rings. The number of aromatic nitrogens is 6. The monoisotopic (exact) mass is 432 g/mol. The van der Waals surface area contributed by atoms with Gasteiger partial charge in [0.2, 0.25) is 5.43 Å². The highest BCUT2D eigenvalue weighted by atomic mass is 16.6. The van der Waals surface area contributed by atoms with Gasteiger partial charge in [0, 0.05) is 36.1 Å². The van der Waals surface area contributed by atoms with Crippen molar-refractivity contribution < 1.29 is 9.72 Å². The van der Waals surface area contributed by atoms with Crippen molar-refractivity contribution in [3.63, 3.8) is 0 Å². The standard InChI is InChI=1S/C20H16N8O4/c1-13-9-17(29)18(25-27(13)15-6-2-3-7-16(15)28(31)32)20(30)23-10-14-5-4-8-22-19(14)26-12-21-11-24-26/h2-9,11-12H,10H2,1H3,(H,23,30). The largest absolute Gasteiger partial charge is 0.346 e. The van der Waals surface area contributed by atoms with Crippen molar-refractivity contribution in [2.75, 3.05) is 0 Å². The van der Waals surface area contributed by atoms with Crippen LogP contribution < -0.4 is 10.7 Å². The molecule has 0 aliphatic heterocycles. The number of amides is 1. The van der Waals surface area contributed by atoms with Crippen molar-refractivity contribution in [1.29, 1.82) is 0 Å². The Morgan fingerprint density at radius 2 is 2.03 bits per heavy atom. The SMILES string of the molecule is Cc1cc(=O)c(C(=O)NCc2cccnc2-n2cncn2)nn1-c1ccccc1[N+](=O)[O-]. The molecule has 12 nitrogen and oxygen atoms in total. The van der Waals surface area contributed by atoms with E-state index in [0.717, 1.165) is 0 Å². The third-order valence-corrected chi connectivity index (χ3v) is 4.57. The lowest BCUT2D eigenvalue weighted by atomic mass is 10.2. The summed E-state index contributed by atoms with van der Waals surface area (Å²) in [5.41, 5.74) is -0.0627. The van der Waals surface area contributed by atoms with Crippen LogP contribution >= 0.6 is 0 Å². The van der Waals surface area contributed by atoms with E-state index < -0.39 is 16.3 Å². The fourth-order valence-electron chi connectivity index (χ4n) is 3.10. The average Bonchev–Trinajstić information content (AvgIpc) is 3.32. The zero-order chi connectivity index (χ0) is 22.7. The first-order chi connectivity index (χ1) is 15.5. The molecule has 1 aromatic carbocycles. The number of aryl methyl sites for hydroxylation is 1. The molecule has 0 radical (unpaired) electrons. The number of para-hydroxylation sites is 2. The third kappa shape index (κ3) is 3.96. The highest BCUT2D eigenvalue weighted by Crippen LogP contribution is 2.22. The van der Waals surface area contributed by atoms with Gasteiger partial charge in [-0.25, -0.2) is 19.3 Å². The van der Waals surface area contributed by atoms with Gasteiger partial charge in [0.1, 0.15) is 18.3 Å². The first-order valence-electron chi connectivity index (χ1n) is 9.37. The number of carbonyl (C=O) groups is 1. The van der Waals surface area contributed by atoms with Gasteiger partial charge in [0.15, 0.2) is 11.5 Å². The molecule has 4 rings (SSSR count). The van der Waals surface area contributed by atoms with Crippen molar-refractivity contribution in [2.45, 2.75) is 13.5 Å². The molecule has 3 heterocycles. The van der Waals surface area contributed by atoms with Crippen LogP contribution in [-0.4, -0.2) is 40.4 Å². The summed E-state index contributed by atoms with van der Waals surface area (Å²) in [6.45, 7) is 1.62.